The van der Waals surface area contributed by atoms with Gasteiger partial charge in [0.1, 0.15) is 11.4 Å². The van der Waals surface area contributed by atoms with Gasteiger partial charge in [0.25, 0.3) is 5.91 Å². The number of piperidine rings is 1. The van der Waals surface area contributed by atoms with Crippen LogP contribution in [-0.2, 0) is 11.2 Å². The van der Waals surface area contributed by atoms with Crippen molar-refractivity contribution >= 4 is 22.8 Å². The van der Waals surface area contributed by atoms with Crippen molar-refractivity contribution in [2.24, 2.45) is 11.8 Å². The molecule has 0 radical (unpaired) electrons. The van der Waals surface area contributed by atoms with E-state index >= 15 is 0 Å². The number of H-pyrrole nitrogens is 1. The number of carbonyl (C=O) groups is 2. The summed E-state index contributed by atoms with van der Waals surface area (Å²) in [5.41, 5.74) is 2.05. The molecule has 1 aromatic carbocycles. The van der Waals surface area contributed by atoms with Gasteiger partial charge in [0.15, 0.2) is 5.58 Å². The standard InChI is InChI=1S/C23H26N4O3/c1-26(23(29)19-6-4-9-24-19)17-11-15-8-10-27(14-16(15)12-17)22(28)13-20-18-5-2-3-7-21(18)30-25-20/h2-7,9,15-17,24H,8,10-14H2,1H3/t15-,16-,17+/m1/s1. The van der Waals surface area contributed by atoms with Crippen LogP contribution in [0.25, 0.3) is 11.0 Å². The summed E-state index contributed by atoms with van der Waals surface area (Å²) in [6, 6.07) is 11.5. The highest BCUT2D eigenvalue weighted by atomic mass is 16.5. The van der Waals surface area contributed by atoms with Gasteiger partial charge in [0.05, 0.1) is 6.42 Å². The largest absolute Gasteiger partial charge is 0.357 e. The number of aromatic amines is 1. The number of benzene rings is 1. The predicted octanol–water partition coefficient (Wildman–Crippen LogP) is 3.10. The van der Waals surface area contributed by atoms with Crippen LogP contribution in [-0.4, -0.2) is 57.9 Å². The molecule has 0 spiro atoms. The van der Waals surface area contributed by atoms with Crippen molar-refractivity contribution in [1.82, 2.24) is 19.9 Å². The van der Waals surface area contributed by atoms with Crippen molar-refractivity contribution in [2.45, 2.75) is 31.7 Å². The molecule has 2 amide bonds. The van der Waals surface area contributed by atoms with Crippen LogP contribution in [0, 0.1) is 11.8 Å². The summed E-state index contributed by atoms with van der Waals surface area (Å²) in [6.45, 7) is 1.54. The van der Waals surface area contributed by atoms with Crippen LogP contribution < -0.4 is 0 Å². The maximum Gasteiger partial charge on any atom is 0.270 e. The van der Waals surface area contributed by atoms with E-state index in [0.717, 1.165) is 37.7 Å². The van der Waals surface area contributed by atoms with Gasteiger partial charge in [-0.3, -0.25) is 9.59 Å². The molecule has 3 aromatic rings. The van der Waals surface area contributed by atoms with Gasteiger partial charge in [-0.2, -0.15) is 0 Å². The first-order valence-electron chi connectivity index (χ1n) is 10.6. The third-order valence-electron chi connectivity index (χ3n) is 6.86. The topological polar surface area (TPSA) is 82.4 Å². The summed E-state index contributed by atoms with van der Waals surface area (Å²) in [5.74, 6) is 1.16. The Morgan fingerprint density at radius 3 is 2.87 bits per heavy atom. The Kier molecular flexibility index (Phi) is 4.81. The molecule has 30 heavy (non-hydrogen) atoms. The first kappa shape index (κ1) is 18.9. The van der Waals surface area contributed by atoms with Gasteiger partial charge < -0.3 is 19.3 Å². The van der Waals surface area contributed by atoms with Crippen LogP contribution in [0.5, 0.6) is 0 Å². The summed E-state index contributed by atoms with van der Waals surface area (Å²) in [5, 5.41) is 5.01. The van der Waals surface area contributed by atoms with E-state index in [1.807, 2.05) is 53.2 Å². The normalized spacial score (nSPS) is 23.5. The third kappa shape index (κ3) is 3.38. The van der Waals surface area contributed by atoms with Crippen molar-refractivity contribution in [1.29, 1.82) is 0 Å². The molecule has 0 bridgehead atoms. The zero-order valence-corrected chi connectivity index (χ0v) is 17.1. The first-order valence-corrected chi connectivity index (χ1v) is 10.6. The van der Waals surface area contributed by atoms with Crippen molar-refractivity contribution in [3.05, 3.63) is 54.0 Å². The average molecular weight is 406 g/mol. The molecule has 3 atom stereocenters. The van der Waals surface area contributed by atoms with Crippen molar-refractivity contribution in [3.8, 4) is 0 Å². The average Bonchev–Trinajstić information content (AvgIpc) is 3.52. The highest BCUT2D eigenvalue weighted by Gasteiger charge is 2.41. The Morgan fingerprint density at radius 1 is 1.20 bits per heavy atom. The molecule has 0 unspecified atom stereocenters. The van der Waals surface area contributed by atoms with E-state index in [0.29, 0.717) is 28.8 Å². The number of hydrogen-bond donors (Lipinski definition) is 1. The molecule has 5 rings (SSSR count). The SMILES string of the molecule is CN(C(=O)c1ccc[nH]1)[C@H]1C[C@H]2CCN(C(=O)Cc3noc4ccccc34)C[C@H]2C1. The number of hydrogen-bond acceptors (Lipinski definition) is 4. The van der Waals surface area contributed by atoms with E-state index in [9.17, 15) is 9.59 Å². The molecule has 7 heteroatoms. The lowest BCUT2D eigenvalue weighted by Gasteiger charge is -2.34. The number of nitrogens with one attached hydrogen (secondary N) is 1. The molecule has 7 nitrogen and oxygen atoms in total. The second kappa shape index (κ2) is 7.63. The van der Waals surface area contributed by atoms with Gasteiger partial charge in [0, 0.05) is 37.8 Å². The van der Waals surface area contributed by atoms with Crippen LogP contribution in [0.1, 0.15) is 35.4 Å². The predicted molar refractivity (Wildman–Crippen MR) is 112 cm³/mol. The highest BCUT2D eigenvalue weighted by molar-refractivity contribution is 5.92. The number of likely N-dealkylation sites (tertiary alicyclic amines) is 1. The number of carbonyl (C=O) groups excluding carboxylic acids is 2. The van der Waals surface area contributed by atoms with Crippen LogP contribution in [0.3, 0.4) is 0 Å². The van der Waals surface area contributed by atoms with Crippen LogP contribution in [0.15, 0.2) is 47.1 Å². The van der Waals surface area contributed by atoms with Crippen molar-refractivity contribution < 1.29 is 14.1 Å². The number of rotatable bonds is 4. The lowest BCUT2D eigenvalue weighted by atomic mass is 9.88. The van der Waals surface area contributed by atoms with Crippen LogP contribution >= 0.6 is 0 Å². The van der Waals surface area contributed by atoms with Gasteiger partial charge in [-0.15, -0.1) is 0 Å². The van der Waals surface area contributed by atoms with Gasteiger partial charge >= 0.3 is 0 Å². The smallest absolute Gasteiger partial charge is 0.270 e. The lowest BCUT2D eigenvalue weighted by molar-refractivity contribution is -0.132. The fourth-order valence-corrected chi connectivity index (χ4v) is 5.14. The number of nitrogens with zero attached hydrogens (tertiary/aromatic N) is 3. The minimum absolute atomic E-state index is 0.0366. The Bertz CT molecular complexity index is 1060. The fourth-order valence-electron chi connectivity index (χ4n) is 5.14. The van der Waals surface area contributed by atoms with E-state index in [4.69, 9.17) is 4.52 Å². The molecule has 2 aliphatic rings. The molecule has 2 aromatic heterocycles. The summed E-state index contributed by atoms with van der Waals surface area (Å²) in [4.78, 5) is 32.5. The molecule has 1 saturated carbocycles. The number of amides is 2. The molecular formula is C23H26N4O3. The van der Waals surface area contributed by atoms with Gasteiger partial charge in [-0.05, 0) is 55.4 Å². The zero-order chi connectivity index (χ0) is 20.7. The van der Waals surface area contributed by atoms with E-state index < -0.39 is 0 Å². The summed E-state index contributed by atoms with van der Waals surface area (Å²) < 4.78 is 5.34. The monoisotopic (exact) mass is 406 g/mol. The highest BCUT2D eigenvalue weighted by Crippen LogP contribution is 2.40. The van der Waals surface area contributed by atoms with Crippen molar-refractivity contribution in [2.75, 3.05) is 20.1 Å². The second-order valence-electron chi connectivity index (χ2n) is 8.58. The van der Waals surface area contributed by atoms with Gasteiger partial charge in [0.2, 0.25) is 5.91 Å². The number of aromatic nitrogens is 2. The quantitative estimate of drug-likeness (QED) is 0.722. The summed E-state index contributed by atoms with van der Waals surface area (Å²) in [6.07, 6.45) is 5.00. The van der Waals surface area contributed by atoms with Crippen molar-refractivity contribution in [3.63, 3.8) is 0 Å². The Morgan fingerprint density at radius 2 is 2.03 bits per heavy atom. The number of fused-ring (bicyclic) bond motifs is 2. The molecule has 1 N–H and O–H groups in total. The van der Waals surface area contributed by atoms with E-state index in [1.54, 1.807) is 6.20 Å². The Hall–Kier alpha value is -3.09. The molecule has 156 valence electrons. The molecule has 3 heterocycles. The molecular weight excluding hydrogens is 380 g/mol. The van der Waals surface area contributed by atoms with Gasteiger partial charge in [-0.1, -0.05) is 17.3 Å². The molecule has 1 aliphatic heterocycles. The first-order chi connectivity index (χ1) is 14.6. The zero-order valence-electron chi connectivity index (χ0n) is 17.1. The number of para-hydroxylation sites is 1. The minimum Gasteiger partial charge on any atom is -0.357 e. The maximum atomic E-state index is 13.0. The van der Waals surface area contributed by atoms with E-state index in [2.05, 4.69) is 10.1 Å². The van der Waals surface area contributed by atoms with Crippen LogP contribution in [0.2, 0.25) is 0 Å². The fraction of sp³-hybridized carbons (Fsp3) is 0.435. The van der Waals surface area contributed by atoms with Gasteiger partial charge in [-0.25, -0.2) is 0 Å². The maximum absolute atomic E-state index is 13.0. The van der Waals surface area contributed by atoms with E-state index in [-0.39, 0.29) is 24.3 Å². The lowest BCUT2D eigenvalue weighted by Crippen LogP contribution is -2.43. The second-order valence-corrected chi connectivity index (χ2v) is 8.58. The van der Waals surface area contributed by atoms with Crippen LogP contribution in [0.4, 0.5) is 0 Å². The Balaban J connectivity index is 1.22. The molecule has 2 fully saturated rings. The molecule has 1 saturated heterocycles. The summed E-state index contributed by atoms with van der Waals surface area (Å²) in [7, 11) is 1.89. The Labute approximate surface area is 175 Å². The van der Waals surface area contributed by atoms with E-state index in [1.165, 1.54) is 0 Å². The summed E-state index contributed by atoms with van der Waals surface area (Å²) >= 11 is 0. The minimum atomic E-state index is 0.0366. The molecule has 1 aliphatic carbocycles. The third-order valence-corrected chi connectivity index (χ3v) is 6.86.